The van der Waals surface area contributed by atoms with Crippen LogP contribution < -0.4 is 5.32 Å². The quantitative estimate of drug-likeness (QED) is 0.597. The first-order valence-corrected chi connectivity index (χ1v) is 12.7. The number of amides is 1. The van der Waals surface area contributed by atoms with Gasteiger partial charge in [0.2, 0.25) is 15.9 Å². The highest BCUT2D eigenvalue weighted by Crippen LogP contribution is 2.28. The number of nitrogens with one attached hydrogen (secondary N) is 1. The van der Waals surface area contributed by atoms with Crippen molar-refractivity contribution in [3.05, 3.63) is 65.5 Å². The van der Waals surface area contributed by atoms with Crippen molar-refractivity contribution in [2.24, 2.45) is 5.92 Å². The maximum atomic E-state index is 12.7. The maximum Gasteiger partial charge on any atom is 0.243 e. The van der Waals surface area contributed by atoms with E-state index in [1.165, 1.54) is 21.2 Å². The smallest absolute Gasteiger partial charge is 0.243 e. The van der Waals surface area contributed by atoms with Gasteiger partial charge in [-0.1, -0.05) is 49.4 Å². The molecule has 1 amide bonds. The minimum Gasteiger partial charge on any atom is -0.302 e. The zero-order chi connectivity index (χ0) is 21.8. The third-order valence-corrected chi connectivity index (χ3v) is 8.27. The Balaban J connectivity index is 1.35. The maximum absolute atomic E-state index is 12.7. The molecular weight excluding hydrogens is 430 g/mol. The second-order valence-corrected chi connectivity index (χ2v) is 10.4. The molecule has 2 heterocycles. The Morgan fingerprint density at radius 1 is 1.10 bits per heavy atom. The third kappa shape index (κ3) is 4.87. The van der Waals surface area contributed by atoms with Crippen molar-refractivity contribution < 1.29 is 13.2 Å². The Labute approximate surface area is 187 Å². The summed E-state index contributed by atoms with van der Waals surface area (Å²) in [6.07, 6.45) is 1.98. The van der Waals surface area contributed by atoms with Crippen LogP contribution in [-0.2, 0) is 21.2 Å². The van der Waals surface area contributed by atoms with Crippen LogP contribution in [0.4, 0.5) is 5.13 Å². The van der Waals surface area contributed by atoms with Crippen molar-refractivity contribution in [1.29, 1.82) is 0 Å². The molecule has 8 heteroatoms. The van der Waals surface area contributed by atoms with Crippen molar-refractivity contribution in [2.45, 2.75) is 31.1 Å². The van der Waals surface area contributed by atoms with Crippen LogP contribution in [0.15, 0.2) is 64.9 Å². The molecule has 31 heavy (non-hydrogen) atoms. The first kappa shape index (κ1) is 21.7. The molecule has 1 saturated heterocycles. The minimum absolute atomic E-state index is 0.0982. The van der Waals surface area contributed by atoms with Crippen LogP contribution in [0.25, 0.3) is 11.3 Å². The molecule has 162 valence electrons. The van der Waals surface area contributed by atoms with Crippen molar-refractivity contribution >= 4 is 32.4 Å². The lowest BCUT2D eigenvalue weighted by molar-refractivity contribution is -0.120. The van der Waals surface area contributed by atoms with Gasteiger partial charge in [-0.3, -0.25) is 4.79 Å². The first-order chi connectivity index (χ1) is 15.0. The van der Waals surface area contributed by atoms with Gasteiger partial charge in [0.05, 0.1) is 10.6 Å². The van der Waals surface area contributed by atoms with Crippen LogP contribution in [0.2, 0.25) is 0 Å². The van der Waals surface area contributed by atoms with Crippen LogP contribution in [0.3, 0.4) is 0 Å². The summed E-state index contributed by atoms with van der Waals surface area (Å²) in [6.45, 7) is 2.79. The number of aryl methyl sites for hydroxylation is 1. The Morgan fingerprint density at radius 2 is 1.77 bits per heavy atom. The molecule has 0 unspecified atom stereocenters. The van der Waals surface area contributed by atoms with E-state index in [1.54, 1.807) is 30.3 Å². The Morgan fingerprint density at radius 3 is 2.42 bits per heavy atom. The molecule has 0 atom stereocenters. The predicted molar refractivity (Wildman–Crippen MR) is 123 cm³/mol. The van der Waals surface area contributed by atoms with Gasteiger partial charge in [-0.15, -0.1) is 11.3 Å². The fourth-order valence-electron chi connectivity index (χ4n) is 3.68. The average Bonchev–Trinajstić information content (AvgIpc) is 3.28. The van der Waals surface area contributed by atoms with Crippen LogP contribution >= 0.6 is 11.3 Å². The second-order valence-electron chi connectivity index (χ2n) is 7.57. The molecule has 0 aliphatic carbocycles. The third-order valence-electron chi connectivity index (χ3n) is 5.60. The van der Waals surface area contributed by atoms with Crippen molar-refractivity contribution in [3.8, 4) is 11.3 Å². The fraction of sp³-hybridized carbons (Fsp3) is 0.304. The monoisotopic (exact) mass is 455 g/mol. The van der Waals surface area contributed by atoms with Crippen molar-refractivity contribution in [3.63, 3.8) is 0 Å². The fourth-order valence-corrected chi connectivity index (χ4v) is 5.90. The lowest BCUT2D eigenvalue weighted by Crippen LogP contribution is -2.41. The molecule has 0 spiro atoms. The molecule has 1 aliphatic rings. The molecule has 1 fully saturated rings. The lowest BCUT2D eigenvalue weighted by atomic mass is 9.97. The van der Waals surface area contributed by atoms with E-state index < -0.39 is 10.0 Å². The second kappa shape index (κ2) is 9.30. The van der Waals surface area contributed by atoms with Gasteiger partial charge in [-0.05, 0) is 37.0 Å². The highest BCUT2D eigenvalue weighted by Gasteiger charge is 2.32. The van der Waals surface area contributed by atoms with Gasteiger partial charge in [0, 0.05) is 30.0 Å². The summed E-state index contributed by atoms with van der Waals surface area (Å²) in [5.74, 6) is -0.322. The van der Waals surface area contributed by atoms with Crippen LogP contribution in [-0.4, -0.2) is 36.7 Å². The summed E-state index contributed by atoms with van der Waals surface area (Å²) in [4.78, 5) is 17.5. The summed E-state index contributed by atoms with van der Waals surface area (Å²) in [5, 5.41) is 5.41. The molecule has 0 bridgehead atoms. The van der Waals surface area contributed by atoms with Crippen LogP contribution in [0, 0.1) is 5.92 Å². The number of carbonyl (C=O) groups excluding carboxylic acids is 1. The molecule has 1 aromatic heterocycles. The molecule has 2 aromatic carbocycles. The van der Waals surface area contributed by atoms with E-state index in [2.05, 4.69) is 29.4 Å². The van der Waals surface area contributed by atoms with E-state index in [0.29, 0.717) is 36.0 Å². The molecule has 3 aromatic rings. The number of anilines is 1. The summed E-state index contributed by atoms with van der Waals surface area (Å²) in [7, 11) is -3.51. The molecule has 6 nitrogen and oxygen atoms in total. The highest BCUT2D eigenvalue weighted by molar-refractivity contribution is 7.89. The highest BCUT2D eigenvalue weighted by atomic mass is 32.2. The number of benzene rings is 2. The molecule has 1 aliphatic heterocycles. The Kier molecular flexibility index (Phi) is 6.50. The minimum atomic E-state index is -3.51. The standard InChI is InChI=1S/C23H25N3O3S2/c1-2-17-8-10-18(11-9-17)21-16-30-23(24-21)25-22(27)19-12-14-26(15-13-19)31(28,29)20-6-4-3-5-7-20/h3-11,16,19H,2,12-15H2,1H3,(H,24,25,27). The SMILES string of the molecule is CCc1ccc(-c2csc(NC(=O)C3CCN(S(=O)(=O)c4ccccc4)CC3)n2)cc1. The Bertz CT molecular complexity index is 1130. The normalized spacial score (nSPS) is 15.6. The average molecular weight is 456 g/mol. The molecular formula is C23H25N3O3S2. The number of thiazole rings is 1. The van der Waals surface area contributed by atoms with Gasteiger partial charge in [-0.2, -0.15) is 4.31 Å². The van der Waals surface area contributed by atoms with E-state index >= 15 is 0 Å². The van der Waals surface area contributed by atoms with E-state index in [0.717, 1.165) is 17.7 Å². The number of carbonyl (C=O) groups is 1. The van der Waals surface area contributed by atoms with Gasteiger partial charge in [0.1, 0.15) is 0 Å². The van der Waals surface area contributed by atoms with Crippen LogP contribution in [0.1, 0.15) is 25.3 Å². The number of hydrogen-bond donors (Lipinski definition) is 1. The van der Waals surface area contributed by atoms with E-state index in [1.807, 2.05) is 17.5 Å². The van der Waals surface area contributed by atoms with E-state index in [4.69, 9.17) is 0 Å². The first-order valence-electron chi connectivity index (χ1n) is 10.4. The zero-order valence-corrected chi connectivity index (χ0v) is 19.0. The predicted octanol–water partition coefficient (Wildman–Crippen LogP) is 4.41. The van der Waals surface area contributed by atoms with Gasteiger partial charge >= 0.3 is 0 Å². The number of sulfonamides is 1. The topological polar surface area (TPSA) is 79.4 Å². The summed E-state index contributed by atoms with van der Waals surface area (Å²) in [6, 6.07) is 16.7. The number of nitrogens with zero attached hydrogens (tertiary/aromatic N) is 2. The summed E-state index contributed by atoms with van der Waals surface area (Å²) >= 11 is 1.40. The molecule has 0 saturated carbocycles. The summed E-state index contributed by atoms with van der Waals surface area (Å²) in [5.41, 5.74) is 3.13. The molecule has 4 rings (SSSR count). The number of piperidine rings is 1. The molecule has 1 N–H and O–H groups in total. The lowest BCUT2D eigenvalue weighted by Gasteiger charge is -2.30. The van der Waals surface area contributed by atoms with Gasteiger partial charge < -0.3 is 5.32 Å². The van der Waals surface area contributed by atoms with E-state index in [9.17, 15) is 13.2 Å². The number of rotatable bonds is 6. The van der Waals surface area contributed by atoms with Gasteiger partial charge in [-0.25, -0.2) is 13.4 Å². The number of hydrogen-bond acceptors (Lipinski definition) is 5. The van der Waals surface area contributed by atoms with Gasteiger partial charge in [0.15, 0.2) is 5.13 Å². The summed E-state index contributed by atoms with van der Waals surface area (Å²) < 4.78 is 27.0. The van der Waals surface area contributed by atoms with E-state index in [-0.39, 0.29) is 11.8 Å². The van der Waals surface area contributed by atoms with Crippen molar-refractivity contribution in [1.82, 2.24) is 9.29 Å². The largest absolute Gasteiger partial charge is 0.302 e. The zero-order valence-electron chi connectivity index (χ0n) is 17.3. The number of aromatic nitrogens is 1. The van der Waals surface area contributed by atoms with Crippen molar-refractivity contribution in [2.75, 3.05) is 18.4 Å². The Hall–Kier alpha value is -2.55. The molecule has 0 radical (unpaired) electrons. The van der Waals surface area contributed by atoms with Crippen LogP contribution in [0.5, 0.6) is 0 Å². The van der Waals surface area contributed by atoms with Gasteiger partial charge in [0.25, 0.3) is 0 Å².